The van der Waals surface area contributed by atoms with Gasteiger partial charge in [-0.1, -0.05) is 13.8 Å². The lowest BCUT2D eigenvalue weighted by molar-refractivity contribution is 0.812. The van der Waals surface area contributed by atoms with Crippen LogP contribution in [0, 0.1) is 0 Å². The molecule has 0 saturated heterocycles. The first kappa shape index (κ1) is 9.68. The Morgan fingerprint density at radius 3 is 2.42 bits per heavy atom. The number of hydrogen-bond donors (Lipinski definition) is 1. The van der Waals surface area contributed by atoms with Gasteiger partial charge in [0.25, 0.3) is 0 Å². The van der Waals surface area contributed by atoms with E-state index in [2.05, 4.69) is 18.8 Å². The molecule has 0 aliphatic heterocycles. The second-order valence-corrected chi connectivity index (χ2v) is 4.03. The average Bonchev–Trinajstić information content (AvgIpc) is 2.47. The van der Waals surface area contributed by atoms with Crippen molar-refractivity contribution in [1.82, 2.24) is 4.98 Å². The molecule has 3 heteroatoms. The van der Waals surface area contributed by atoms with Gasteiger partial charge in [0.1, 0.15) is 0 Å². The Bertz CT molecular complexity index is 253. The molecule has 0 fully saturated rings. The second-order valence-electron chi connectivity index (χ2n) is 2.91. The van der Waals surface area contributed by atoms with Crippen molar-refractivity contribution in [1.29, 1.82) is 0 Å². The van der Waals surface area contributed by atoms with Crippen molar-refractivity contribution < 1.29 is 0 Å². The van der Waals surface area contributed by atoms with E-state index in [-0.39, 0.29) is 6.04 Å². The third kappa shape index (κ3) is 1.84. The molecular formula is C9H16N2S. The molecule has 0 saturated carbocycles. The van der Waals surface area contributed by atoms with Gasteiger partial charge in [0.2, 0.25) is 0 Å². The van der Waals surface area contributed by atoms with E-state index in [1.54, 1.807) is 11.3 Å². The Labute approximate surface area is 77.8 Å². The monoisotopic (exact) mass is 184 g/mol. The van der Waals surface area contributed by atoms with E-state index in [0.717, 1.165) is 12.8 Å². The molecule has 12 heavy (non-hydrogen) atoms. The molecule has 0 spiro atoms. The summed E-state index contributed by atoms with van der Waals surface area (Å²) in [6, 6.07) is 0.137. The zero-order valence-corrected chi connectivity index (χ0v) is 8.74. The van der Waals surface area contributed by atoms with Crippen molar-refractivity contribution in [2.75, 3.05) is 0 Å². The van der Waals surface area contributed by atoms with Gasteiger partial charge in [-0.15, -0.1) is 11.3 Å². The normalized spacial score (nSPS) is 13.3. The Hall–Kier alpha value is -0.410. The molecule has 1 heterocycles. The first-order valence-corrected chi connectivity index (χ1v) is 5.24. The minimum absolute atomic E-state index is 0.137. The summed E-state index contributed by atoms with van der Waals surface area (Å²) in [5.41, 5.74) is 7.02. The summed E-state index contributed by atoms with van der Waals surface area (Å²) in [7, 11) is 0. The smallest absolute Gasteiger partial charge is 0.0928 e. The number of thiazole rings is 1. The van der Waals surface area contributed by atoms with Gasteiger partial charge in [-0.3, -0.25) is 0 Å². The summed E-state index contributed by atoms with van der Waals surface area (Å²) in [4.78, 5) is 5.77. The molecule has 1 atom stereocenters. The van der Waals surface area contributed by atoms with Crippen molar-refractivity contribution in [2.24, 2.45) is 5.73 Å². The van der Waals surface area contributed by atoms with Crippen LogP contribution in [-0.2, 0) is 12.8 Å². The van der Waals surface area contributed by atoms with Crippen LogP contribution in [0.2, 0.25) is 0 Å². The van der Waals surface area contributed by atoms with Crippen molar-refractivity contribution in [2.45, 2.75) is 39.7 Å². The summed E-state index contributed by atoms with van der Waals surface area (Å²) < 4.78 is 0. The van der Waals surface area contributed by atoms with Crippen LogP contribution in [0.4, 0.5) is 0 Å². The third-order valence-corrected chi connectivity index (χ3v) is 3.27. The predicted molar refractivity (Wildman–Crippen MR) is 53.5 cm³/mol. The van der Waals surface area contributed by atoms with Crippen LogP contribution >= 0.6 is 11.3 Å². The highest BCUT2D eigenvalue weighted by atomic mass is 32.1. The van der Waals surface area contributed by atoms with Gasteiger partial charge < -0.3 is 5.73 Å². The largest absolute Gasteiger partial charge is 0.323 e. The van der Waals surface area contributed by atoms with Crippen LogP contribution in [0.25, 0.3) is 0 Å². The van der Waals surface area contributed by atoms with E-state index in [0.29, 0.717) is 0 Å². The van der Waals surface area contributed by atoms with Crippen LogP contribution in [0.1, 0.15) is 42.4 Å². The van der Waals surface area contributed by atoms with E-state index in [1.807, 2.05) is 6.92 Å². The van der Waals surface area contributed by atoms with Gasteiger partial charge >= 0.3 is 0 Å². The molecule has 0 amide bonds. The van der Waals surface area contributed by atoms with Crippen molar-refractivity contribution in [3.63, 3.8) is 0 Å². The zero-order chi connectivity index (χ0) is 9.14. The topological polar surface area (TPSA) is 38.9 Å². The fourth-order valence-corrected chi connectivity index (χ4v) is 2.22. The van der Waals surface area contributed by atoms with Crippen molar-refractivity contribution >= 4 is 11.3 Å². The van der Waals surface area contributed by atoms with Gasteiger partial charge in [0, 0.05) is 10.9 Å². The van der Waals surface area contributed by atoms with Gasteiger partial charge in [-0.2, -0.15) is 0 Å². The molecule has 68 valence electrons. The van der Waals surface area contributed by atoms with Crippen molar-refractivity contribution in [3.8, 4) is 0 Å². The molecule has 0 radical (unpaired) electrons. The van der Waals surface area contributed by atoms with Gasteiger partial charge in [0.05, 0.1) is 10.7 Å². The summed E-state index contributed by atoms with van der Waals surface area (Å²) in [6.07, 6.45) is 2.01. The predicted octanol–water partition coefficient (Wildman–Crippen LogP) is 2.29. The summed E-state index contributed by atoms with van der Waals surface area (Å²) in [6.45, 7) is 6.27. The van der Waals surface area contributed by atoms with E-state index in [9.17, 15) is 0 Å². The third-order valence-electron chi connectivity index (χ3n) is 1.82. The summed E-state index contributed by atoms with van der Waals surface area (Å²) in [5, 5.41) is 1.21. The Morgan fingerprint density at radius 2 is 2.08 bits per heavy atom. The van der Waals surface area contributed by atoms with E-state index < -0.39 is 0 Å². The standard InChI is InChI=1S/C9H16N2S/c1-4-7-9(6(3)10)12-8(5-2)11-7/h6H,4-5,10H2,1-3H3. The number of aromatic nitrogens is 1. The quantitative estimate of drug-likeness (QED) is 0.782. The van der Waals surface area contributed by atoms with Gasteiger partial charge in [0.15, 0.2) is 0 Å². The molecule has 1 unspecified atom stereocenters. The maximum Gasteiger partial charge on any atom is 0.0928 e. The summed E-state index contributed by atoms with van der Waals surface area (Å²) >= 11 is 1.76. The molecule has 0 bridgehead atoms. The van der Waals surface area contributed by atoms with Crippen LogP contribution in [0.5, 0.6) is 0 Å². The maximum atomic E-state index is 5.83. The molecule has 2 N–H and O–H groups in total. The molecule has 0 aliphatic carbocycles. The van der Waals surface area contributed by atoms with Crippen LogP contribution in [0.3, 0.4) is 0 Å². The van der Waals surface area contributed by atoms with Crippen molar-refractivity contribution in [3.05, 3.63) is 15.6 Å². The lowest BCUT2D eigenvalue weighted by Gasteiger charge is -2.01. The molecule has 1 aromatic heterocycles. The highest BCUT2D eigenvalue weighted by Gasteiger charge is 2.11. The lowest BCUT2D eigenvalue weighted by atomic mass is 10.2. The fraction of sp³-hybridized carbons (Fsp3) is 0.667. The minimum Gasteiger partial charge on any atom is -0.323 e. The van der Waals surface area contributed by atoms with Gasteiger partial charge in [-0.05, 0) is 19.8 Å². The second kappa shape index (κ2) is 4.01. The summed E-state index contributed by atoms with van der Waals surface area (Å²) in [5.74, 6) is 0. The number of hydrogen-bond acceptors (Lipinski definition) is 3. The first-order valence-electron chi connectivity index (χ1n) is 4.43. The Balaban J connectivity index is 3.00. The highest BCUT2D eigenvalue weighted by Crippen LogP contribution is 2.24. The average molecular weight is 184 g/mol. The van der Waals surface area contributed by atoms with E-state index in [4.69, 9.17) is 5.73 Å². The number of nitrogens with zero attached hydrogens (tertiary/aromatic N) is 1. The Morgan fingerprint density at radius 1 is 1.42 bits per heavy atom. The molecule has 0 aromatic carbocycles. The minimum atomic E-state index is 0.137. The number of aryl methyl sites for hydroxylation is 2. The molecule has 1 rings (SSSR count). The SMILES string of the molecule is CCc1nc(CC)c(C(C)N)s1. The molecule has 1 aromatic rings. The number of rotatable bonds is 3. The first-order chi connectivity index (χ1) is 5.69. The maximum absolute atomic E-state index is 5.83. The van der Waals surface area contributed by atoms with Gasteiger partial charge in [-0.25, -0.2) is 4.98 Å². The van der Waals surface area contributed by atoms with Crippen LogP contribution in [-0.4, -0.2) is 4.98 Å². The Kier molecular flexibility index (Phi) is 3.23. The molecule has 0 aliphatic rings. The zero-order valence-electron chi connectivity index (χ0n) is 7.92. The van der Waals surface area contributed by atoms with E-state index >= 15 is 0 Å². The highest BCUT2D eigenvalue weighted by molar-refractivity contribution is 7.11. The fourth-order valence-electron chi connectivity index (χ4n) is 1.17. The molecular weight excluding hydrogens is 168 g/mol. The van der Waals surface area contributed by atoms with Crippen LogP contribution in [0.15, 0.2) is 0 Å². The van der Waals surface area contributed by atoms with Crippen LogP contribution < -0.4 is 5.73 Å². The number of nitrogens with two attached hydrogens (primary N) is 1. The molecule has 2 nitrogen and oxygen atoms in total. The van der Waals surface area contributed by atoms with E-state index in [1.165, 1.54) is 15.6 Å². The lowest BCUT2D eigenvalue weighted by Crippen LogP contribution is -2.05.